The van der Waals surface area contributed by atoms with Gasteiger partial charge in [-0.1, -0.05) is 6.58 Å². The number of rotatable bonds is 5. The molecule has 1 N–H and O–H groups in total. The van der Waals surface area contributed by atoms with E-state index < -0.39 is 6.10 Å². The average molecular weight is 207 g/mol. The number of imidazole rings is 1. The highest BCUT2D eigenvalue weighted by Crippen LogP contribution is 2.05. The fourth-order valence-electron chi connectivity index (χ4n) is 1.10. The Morgan fingerprint density at radius 1 is 1.87 bits per heavy atom. The van der Waals surface area contributed by atoms with Crippen molar-refractivity contribution in [2.24, 2.45) is 0 Å². The largest absolute Gasteiger partial charge is 0.496 e. The Bertz CT molecular complexity index is 378. The summed E-state index contributed by atoms with van der Waals surface area (Å²) in [5.41, 5.74) is 0.323. The van der Waals surface area contributed by atoms with Crippen molar-refractivity contribution in [3.63, 3.8) is 0 Å². The zero-order chi connectivity index (χ0) is 11.3. The lowest BCUT2D eigenvalue weighted by atomic mass is 10.3. The van der Waals surface area contributed by atoms with Crippen molar-refractivity contribution < 1.29 is 9.84 Å². The lowest BCUT2D eigenvalue weighted by molar-refractivity contribution is 0.0972. The summed E-state index contributed by atoms with van der Waals surface area (Å²) in [6, 6.07) is 1.91. The van der Waals surface area contributed by atoms with E-state index in [0.29, 0.717) is 18.1 Å². The van der Waals surface area contributed by atoms with E-state index in [1.807, 2.05) is 13.0 Å². The molecule has 0 saturated heterocycles. The zero-order valence-corrected chi connectivity index (χ0v) is 8.55. The highest BCUT2D eigenvalue weighted by Gasteiger charge is 2.10. The second-order valence-corrected chi connectivity index (χ2v) is 2.98. The molecular weight excluding hydrogens is 194 g/mol. The van der Waals surface area contributed by atoms with E-state index >= 15 is 0 Å². The summed E-state index contributed by atoms with van der Waals surface area (Å²) >= 11 is 0. The van der Waals surface area contributed by atoms with Crippen molar-refractivity contribution in [2.45, 2.75) is 19.6 Å². The molecule has 1 atom stereocenters. The number of aliphatic hydroxyl groups is 1. The van der Waals surface area contributed by atoms with E-state index in [-0.39, 0.29) is 6.54 Å². The third-order valence-corrected chi connectivity index (χ3v) is 1.83. The van der Waals surface area contributed by atoms with Crippen LogP contribution in [0.2, 0.25) is 0 Å². The van der Waals surface area contributed by atoms with Gasteiger partial charge in [-0.15, -0.1) is 0 Å². The minimum absolute atomic E-state index is 0.285. The standard InChI is InChI=1S/C10H13N3O2/c1-3-15-8(2)10(14)6-13-5-9(4-11)12-7-13/h5,7,10,14H,2-3,6H2,1H3/t10-/m1/s1. The van der Waals surface area contributed by atoms with E-state index in [1.165, 1.54) is 6.33 Å². The highest BCUT2D eigenvalue weighted by atomic mass is 16.5. The van der Waals surface area contributed by atoms with Crippen LogP contribution in [0.25, 0.3) is 0 Å². The molecule has 0 aromatic carbocycles. The maximum absolute atomic E-state index is 9.63. The minimum Gasteiger partial charge on any atom is -0.496 e. The molecule has 1 aromatic rings. The van der Waals surface area contributed by atoms with Gasteiger partial charge in [0.2, 0.25) is 0 Å². The number of hydrogen-bond donors (Lipinski definition) is 1. The van der Waals surface area contributed by atoms with Crippen LogP contribution in [0.15, 0.2) is 24.9 Å². The van der Waals surface area contributed by atoms with Gasteiger partial charge >= 0.3 is 0 Å². The van der Waals surface area contributed by atoms with Gasteiger partial charge < -0.3 is 14.4 Å². The molecule has 1 aromatic heterocycles. The van der Waals surface area contributed by atoms with Crippen molar-refractivity contribution >= 4 is 0 Å². The first-order valence-corrected chi connectivity index (χ1v) is 4.59. The molecule has 0 radical (unpaired) electrons. The Morgan fingerprint density at radius 2 is 2.60 bits per heavy atom. The summed E-state index contributed by atoms with van der Waals surface area (Å²) in [6.45, 7) is 6.18. The number of aliphatic hydroxyl groups excluding tert-OH is 1. The summed E-state index contributed by atoms with van der Waals surface area (Å²) in [4.78, 5) is 3.81. The summed E-state index contributed by atoms with van der Waals surface area (Å²) < 4.78 is 6.68. The molecule has 0 fully saturated rings. The Morgan fingerprint density at radius 3 is 3.13 bits per heavy atom. The van der Waals surface area contributed by atoms with Gasteiger partial charge in [-0.25, -0.2) is 4.98 Å². The predicted molar refractivity (Wildman–Crippen MR) is 53.7 cm³/mol. The van der Waals surface area contributed by atoms with Gasteiger partial charge in [-0.3, -0.25) is 0 Å². The lowest BCUT2D eigenvalue weighted by Gasteiger charge is -2.14. The van der Waals surface area contributed by atoms with Crippen molar-refractivity contribution in [3.8, 4) is 6.07 Å². The number of nitrogens with zero attached hydrogens (tertiary/aromatic N) is 3. The molecule has 0 aliphatic carbocycles. The second kappa shape index (κ2) is 5.17. The summed E-state index contributed by atoms with van der Waals surface area (Å²) in [5.74, 6) is 0.324. The normalized spacial score (nSPS) is 11.8. The number of hydrogen-bond acceptors (Lipinski definition) is 4. The van der Waals surface area contributed by atoms with Crippen LogP contribution in [-0.4, -0.2) is 27.4 Å². The highest BCUT2D eigenvalue weighted by molar-refractivity contribution is 5.15. The maximum Gasteiger partial charge on any atom is 0.158 e. The quantitative estimate of drug-likeness (QED) is 0.720. The molecule has 0 saturated carbocycles. The van der Waals surface area contributed by atoms with E-state index in [9.17, 15) is 5.11 Å². The number of aromatic nitrogens is 2. The van der Waals surface area contributed by atoms with Gasteiger partial charge in [-0.2, -0.15) is 5.26 Å². The fourth-order valence-corrected chi connectivity index (χ4v) is 1.10. The molecule has 1 rings (SSSR count). The molecular formula is C10H13N3O2. The summed E-state index contributed by atoms with van der Waals surface area (Å²) in [5, 5.41) is 18.2. The van der Waals surface area contributed by atoms with Crippen LogP contribution in [0, 0.1) is 11.3 Å². The van der Waals surface area contributed by atoms with Gasteiger partial charge in [0.05, 0.1) is 19.5 Å². The Balaban J connectivity index is 2.55. The molecule has 0 aliphatic heterocycles. The third kappa shape index (κ3) is 3.11. The molecule has 0 bridgehead atoms. The van der Waals surface area contributed by atoms with E-state index in [2.05, 4.69) is 11.6 Å². The smallest absolute Gasteiger partial charge is 0.158 e. The fraction of sp³-hybridized carbons (Fsp3) is 0.400. The van der Waals surface area contributed by atoms with Gasteiger partial charge in [0.25, 0.3) is 0 Å². The van der Waals surface area contributed by atoms with Crippen molar-refractivity contribution in [3.05, 3.63) is 30.6 Å². The number of ether oxygens (including phenoxy) is 1. The van der Waals surface area contributed by atoms with Crippen LogP contribution < -0.4 is 0 Å². The van der Waals surface area contributed by atoms with Gasteiger partial charge in [-0.05, 0) is 6.92 Å². The second-order valence-electron chi connectivity index (χ2n) is 2.98. The molecule has 5 heteroatoms. The van der Waals surface area contributed by atoms with Crippen molar-refractivity contribution in [1.82, 2.24) is 9.55 Å². The van der Waals surface area contributed by atoms with Crippen LogP contribution in [-0.2, 0) is 11.3 Å². The molecule has 0 aliphatic rings. The van der Waals surface area contributed by atoms with Crippen LogP contribution in [0.3, 0.4) is 0 Å². The SMILES string of the molecule is C=C(OCC)[C@H](O)Cn1cnc(C#N)c1. The topological polar surface area (TPSA) is 71.1 Å². The first-order valence-electron chi connectivity index (χ1n) is 4.59. The Labute approximate surface area is 88.2 Å². The number of nitriles is 1. The maximum atomic E-state index is 9.63. The Kier molecular flexibility index (Phi) is 3.89. The molecule has 0 amide bonds. The minimum atomic E-state index is -0.786. The van der Waals surface area contributed by atoms with Gasteiger partial charge in [0.15, 0.2) is 5.69 Å². The molecule has 5 nitrogen and oxygen atoms in total. The summed E-state index contributed by atoms with van der Waals surface area (Å²) in [7, 11) is 0. The average Bonchev–Trinajstić information content (AvgIpc) is 2.66. The first-order chi connectivity index (χ1) is 7.17. The van der Waals surface area contributed by atoms with E-state index in [1.54, 1.807) is 10.8 Å². The van der Waals surface area contributed by atoms with Crippen molar-refractivity contribution in [2.75, 3.05) is 6.61 Å². The van der Waals surface area contributed by atoms with E-state index in [0.717, 1.165) is 0 Å². The molecule has 0 unspecified atom stereocenters. The monoisotopic (exact) mass is 207 g/mol. The zero-order valence-electron chi connectivity index (χ0n) is 8.55. The molecule has 1 heterocycles. The van der Waals surface area contributed by atoms with Gasteiger partial charge in [0, 0.05) is 6.20 Å². The summed E-state index contributed by atoms with van der Waals surface area (Å²) in [6.07, 6.45) is 2.26. The first kappa shape index (κ1) is 11.3. The third-order valence-electron chi connectivity index (χ3n) is 1.83. The van der Waals surface area contributed by atoms with Crippen LogP contribution in [0.1, 0.15) is 12.6 Å². The molecule has 0 spiro atoms. The molecule has 80 valence electrons. The van der Waals surface area contributed by atoms with Crippen LogP contribution >= 0.6 is 0 Å². The van der Waals surface area contributed by atoms with E-state index in [4.69, 9.17) is 10.00 Å². The van der Waals surface area contributed by atoms with Gasteiger partial charge in [0.1, 0.15) is 17.9 Å². The Hall–Kier alpha value is -1.80. The predicted octanol–water partition coefficient (Wildman–Crippen LogP) is 0.666. The van der Waals surface area contributed by atoms with Crippen LogP contribution in [0.4, 0.5) is 0 Å². The lowest BCUT2D eigenvalue weighted by Crippen LogP contribution is -2.18. The van der Waals surface area contributed by atoms with Crippen LogP contribution in [0.5, 0.6) is 0 Å². The van der Waals surface area contributed by atoms with Crippen molar-refractivity contribution in [1.29, 1.82) is 5.26 Å². The molecule has 15 heavy (non-hydrogen) atoms.